The first-order valence-corrected chi connectivity index (χ1v) is 5.52. The van der Waals surface area contributed by atoms with Crippen molar-refractivity contribution in [1.29, 1.82) is 0 Å². The molecule has 0 aliphatic heterocycles. The van der Waals surface area contributed by atoms with Crippen LogP contribution in [0.5, 0.6) is 0 Å². The minimum Gasteiger partial charge on any atom is -0.480 e. The quantitative estimate of drug-likeness (QED) is 0.679. The lowest BCUT2D eigenvalue weighted by Crippen LogP contribution is -2.54. The van der Waals surface area contributed by atoms with E-state index in [1.807, 2.05) is 0 Å². The van der Waals surface area contributed by atoms with E-state index in [1.54, 1.807) is 24.5 Å². The highest BCUT2D eigenvalue weighted by Crippen LogP contribution is 2.04. The Balaban J connectivity index is 2.73. The van der Waals surface area contributed by atoms with Gasteiger partial charge in [-0.1, -0.05) is 0 Å². The predicted octanol–water partition coefficient (Wildman–Crippen LogP) is -0.0692. The van der Waals surface area contributed by atoms with Crippen LogP contribution in [0.3, 0.4) is 0 Å². The molecule has 0 spiro atoms. The molecular formula is C12H17N3O3. The van der Waals surface area contributed by atoms with Crippen LogP contribution in [-0.4, -0.2) is 33.5 Å². The third-order valence-electron chi connectivity index (χ3n) is 2.38. The topological polar surface area (TPSA) is 105 Å². The summed E-state index contributed by atoms with van der Waals surface area (Å²) in [4.78, 5) is 26.6. The van der Waals surface area contributed by atoms with Crippen LogP contribution >= 0.6 is 0 Å². The number of pyridine rings is 1. The summed E-state index contributed by atoms with van der Waals surface area (Å²) in [5, 5.41) is 11.5. The van der Waals surface area contributed by atoms with Crippen LogP contribution in [0.4, 0.5) is 0 Å². The van der Waals surface area contributed by atoms with Gasteiger partial charge < -0.3 is 16.2 Å². The average molecular weight is 251 g/mol. The molecule has 0 saturated heterocycles. The number of aromatic nitrogens is 1. The van der Waals surface area contributed by atoms with Crippen LogP contribution < -0.4 is 11.1 Å². The van der Waals surface area contributed by atoms with E-state index in [0.29, 0.717) is 0 Å². The summed E-state index contributed by atoms with van der Waals surface area (Å²) in [6, 6.07) is 2.41. The largest absolute Gasteiger partial charge is 0.480 e. The van der Waals surface area contributed by atoms with E-state index in [1.165, 1.54) is 13.8 Å². The maximum absolute atomic E-state index is 11.7. The van der Waals surface area contributed by atoms with E-state index < -0.39 is 23.5 Å². The van der Waals surface area contributed by atoms with Crippen molar-refractivity contribution in [2.75, 3.05) is 0 Å². The zero-order valence-electron chi connectivity index (χ0n) is 10.4. The van der Waals surface area contributed by atoms with Gasteiger partial charge >= 0.3 is 5.97 Å². The summed E-state index contributed by atoms with van der Waals surface area (Å²) in [6.07, 6.45) is 3.34. The summed E-state index contributed by atoms with van der Waals surface area (Å²) < 4.78 is 0. The zero-order chi connectivity index (χ0) is 13.8. The van der Waals surface area contributed by atoms with Gasteiger partial charge in [0.2, 0.25) is 5.91 Å². The molecule has 0 aromatic carbocycles. The van der Waals surface area contributed by atoms with Crippen LogP contribution in [-0.2, 0) is 16.0 Å². The Bertz CT molecular complexity index is 426. The maximum atomic E-state index is 11.7. The fraction of sp³-hybridized carbons (Fsp3) is 0.417. The molecule has 1 aromatic rings. The van der Waals surface area contributed by atoms with Gasteiger partial charge in [-0.25, -0.2) is 4.79 Å². The van der Waals surface area contributed by atoms with E-state index in [4.69, 9.17) is 10.8 Å². The number of carbonyl (C=O) groups excluding carboxylic acids is 1. The summed E-state index contributed by atoms with van der Waals surface area (Å²) >= 11 is 0. The van der Waals surface area contributed by atoms with Gasteiger partial charge in [0.05, 0.1) is 5.54 Å². The van der Waals surface area contributed by atoms with Crippen LogP contribution in [0, 0.1) is 0 Å². The molecule has 0 unspecified atom stereocenters. The summed E-state index contributed by atoms with van der Waals surface area (Å²) in [5.74, 6) is -1.59. The number of carboxylic acid groups (broad SMARTS) is 1. The molecule has 4 N–H and O–H groups in total. The van der Waals surface area contributed by atoms with Gasteiger partial charge in [0, 0.05) is 18.8 Å². The molecule has 0 bridgehead atoms. The van der Waals surface area contributed by atoms with Gasteiger partial charge in [0.15, 0.2) is 0 Å². The van der Waals surface area contributed by atoms with E-state index in [0.717, 1.165) is 5.56 Å². The number of rotatable bonds is 5. The third-order valence-corrected chi connectivity index (χ3v) is 2.38. The van der Waals surface area contributed by atoms with Gasteiger partial charge in [-0.05, 0) is 31.5 Å². The number of hydrogen-bond donors (Lipinski definition) is 3. The molecule has 6 heteroatoms. The summed E-state index contributed by atoms with van der Waals surface area (Å²) in [5.41, 5.74) is 5.29. The van der Waals surface area contributed by atoms with E-state index in [2.05, 4.69) is 10.3 Å². The summed E-state index contributed by atoms with van der Waals surface area (Å²) in [6.45, 7) is 3.04. The number of carbonyl (C=O) groups is 2. The predicted molar refractivity (Wildman–Crippen MR) is 65.8 cm³/mol. The first-order valence-electron chi connectivity index (χ1n) is 5.52. The molecule has 1 atom stereocenters. The van der Waals surface area contributed by atoms with Crippen LogP contribution in [0.2, 0.25) is 0 Å². The van der Waals surface area contributed by atoms with E-state index >= 15 is 0 Å². The van der Waals surface area contributed by atoms with Crippen molar-refractivity contribution in [3.8, 4) is 0 Å². The molecule has 0 aliphatic carbocycles. The zero-order valence-corrected chi connectivity index (χ0v) is 10.4. The molecule has 1 heterocycles. The van der Waals surface area contributed by atoms with E-state index in [-0.39, 0.29) is 6.42 Å². The monoisotopic (exact) mass is 251 g/mol. The number of nitrogens with two attached hydrogens (primary N) is 1. The Labute approximate surface area is 105 Å². The van der Waals surface area contributed by atoms with Gasteiger partial charge in [-0.3, -0.25) is 9.78 Å². The normalized spacial score (nSPS) is 12.8. The first kappa shape index (κ1) is 14.1. The Morgan fingerprint density at radius 2 is 2.00 bits per heavy atom. The molecule has 18 heavy (non-hydrogen) atoms. The number of nitrogens with zero attached hydrogens (tertiary/aromatic N) is 1. The molecule has 6 nitrogen and oxygen atoms in total. The number of nitrogens with one attached hydrogen (secondary N) is 1. The highest BCUT2D eigenvalue weighted by atomic mass is 16.4. The van der Waals surface area contributed by atoms with Gasteiger partial charge in [-0.2, -0.15) is 0 Å². The molecule has 0 saturated carbocycles. The van der Waals surface area contributed by atoms with Crippen LogP contribution in [0.15, 0.2) is 24.5 Å². The lowest BCUT2D eigenvalue weighted by atomic mass is 10.0. The number of amides is 1. The van der Waals surface area contributed by atoms with Crippen molar-refractivity contribution in [1.82, 2.24) is 10.3 Å². The number of hydrogen-bond acceptors (Lipinski definition) is 4. The molecule has 0 radical (unpaired) electrons. The van der Waals surface area contributed by atoms with Crippen molar-refractivity contribution >= 4 is 11.9 Å². The van der Waals surface area contributed by atoms with Crippen molar-refractivity contribution in [2.45, 2.75) is 31.8 Å². The van der Waals surface area contributed by atoms with E-state index in [9.17, 15) is 9.59 Å². The standard InChI is InChI=1S/C12H17N3O3/c1-12(2,13)11(18)15-9(10(16)17)7-8-3-5-14-6-4-8/h3-6,9H,7,13H2,1-2H3,(H,15,18)(H,16,17)/t9-/m0/s1. The third kappa shape index (κ3) is 4.14. The van der Waals surface area contributed by atoms with Crippen molar-refractivity contribution in [3.63, 3.8) is 0 Å². The molecule has 98 valence electrons. The van der Waals surface area contributed by atoms with Gasteiger partial charge in [0.1, 0.15) is 6.04 Å². The SMILES string of the molecule is CC(C)(N)C(=O)N[C@@H](Cc1ccncc1)C(=O)O. The fourth-order valence-corrected chi connectivity index (χ4v) is 1.30. The number of aliphatic carboxylic acids is 1. The molecule has 1 aromatic heterocycles. The lowest BCUT2D eigenvalue weighted by Gasteiger charge is -2.21. The Hall–Kier alpha value is -1.95. The Kier molecular flexibility index (Phi) is 4.38. The minimum atomic E-state index is -1.11. The summed E-state index contributed by atoms with van der Waals surface area (Å²) in [7, 11) is 0. The average Bonchev–Trinajstić information content (AvgIpc) is 2.28. The van der Waals surface area contributed by atoms with Gasteiger partial charge in [-0.15, -0.1) is 0 Å². The fourth-order valence-electron chi connectivity index (χ4n) is 1.30. The Morgan fingerprint density at radius 3 is 2.44 bits per heavy atom. The molecule has 0 fully saturated rings. The van der Waals surface area contributed by atoms with Crippen LogP contribution in [0.1, 0.15) is 19.4 Å². The smallest absolute Gasteiger partial charge is 0.326 e. The molecule has 0 aliphatic rings. The second-order valence-electron chi connectivity index (χ2n) is 4.65. The lowest BCUT2D eigenvalue weighted by molar-refractivity contribution is -0.142. The highest BCUT2D eigenvalue weighted by Gasteiger charge is 2.27. The minimum absolute atomic E-state index is 0.194. The van der Waals surface area contributed by atoms with Crippen molar-refractivity contribution < 1.29 is 14.7 Å². The van der Waals surface area contributed by atoms with Crippen LogP contribution in [0.25, 0.3) is 0 Å². The molecule has 1 amide bonds. The highest BCUT2D eigenvalue weighted by molar-refractivity contribution is 5.89. The van der Waals surface area contributed by atoms with Crippen molar-refractivity contribution in [2.24, 2.45) is 5.73 Å². The number of carboxylic acids is 1. The molecule has 1 rings (SSSR count). The molecular weight excluding hydrogens is 234 g/mol. The van der Waals surface area contributed by atoms with Gasteiger partial charge in [0.25, 0.3) is 0 Å². The second-order valence-corrected chi connectivity index (χ2v) is 4.65. The maximum Gasteiger partial charge on any atom is 0.326 e. The van der Waals surface area contributed by atoms with Crippen molar-refractivity contribution in [3.05, 3.63) is 30.1 Å². The first-order chi connectivity index (χ1) is 8.30. The Morgan fingerprint density at radius 1 is 1.44 bits per heavy atom. The second kappa shape index (κ2) is 5.59.